The molecule has 6 heteroatoms. The van der Waals surface area contributed by atoms with Crippen LogP contribution in [0.4, 0.5) is 4.39 Å². The van der Waals surface area contributed by atoms with E-state index in [1.807, 2.05) is 31.2 Å². The van der Waals surface area contributed by atoms with Crippen molar-refractivity contribution in [3.8, 4) is 17.2 Å². The molecule has 0 fully saturated rings. The van der Waals surface area contributed by atoms with Crippen molar-refractivity contribution in [2.75, 3.05) is 20.3 Å². The molecule has 0 unspecified atom stereocenters. The smallest absolute Gasteiger partial charge is 0.175 e. The standard InChI is InChI=1S/C25H27BrFNO3/c1-3-30-24-15-20(16-28-13-12-18-6-10-22(29-2)11-7-18)14-23(26)25(24)31-17-19-4-8-21(27)9-5-19/h4-11,14-15,28H,3,12-13,16-17H2,1-2H3. The van der Waals surface area contributed by atoms with Crippen molar-refractivity contribution in [3.63, 3.8) is 0 Å². The van der Waals surface area contributed by atoms with Crippen molar-refractivity contribution in [2.24, 2.45) is 0 Å². The largest absolute Gasteiger partial charge is 0.497 e. The van der Waals surface area contributed by atoms with Gasteiger partial charge in [-0.15, -0.1) is 0 Å². The number of methoxy groups -OCH3 is 1. The number of benzene rings is 3. The van der Waals surface area contributed by atoms with E-state index in [2.05, 4.69) is 33.4 Å². The van der Waals surface area contributed by atoms with Crippen LogP contribution in [0.15, 0.2) is 65.1 Å². The summed E-state index contributed by atoms with van der Waals surface area (Å²) in [6.07, 6.45) is 0.933. The fourth-order valence-electron chi connectivity index (χ4n) is 3.12. The summed E-state index contributed by atoms with van der Waals surface area (Å²) in [4.78, 5) is 0. The highest BCUT2D eigenvalue weighted by Crippen LogP contribution is 2.37. The van der Waals surface area contributed by atoms with Crippen molar-refractivity contribution in [2.45, 2.75) is 26.5 Å². The van der Waals surface area contributed by atoms with Crippen LogP contribution in [-0.4, -0.2) is 20.3 Å². The topological polar surface area (TPSA) is 39.7 Å². The lowest BCUT2D eigenvalue weighted by Gasteiger charge is -2.16. The summed E-state index contributed by atoms with van der Waals surface area (Å²) >= 11 is 3.61. The maximum Gasteiger partial charge on any atom is 0.175 e. The second-order valence-corrected chi connectivity index (χ2v) is 7.88. The predicted molar refractivity (Wildman–Crippen MR) is 124 cm³/mol. The highest BCUT2D eigenvalue weighted by molar-refractivity contribution is 9.10. The van der Waals surface area contributed by atoms with Gasteiger partial charge in [0.05, 0.1) is 18.2 Å². The zero-order valence-electron chi connectivity index (χ0n) is 17.8. The molecule has 3 aromatic rings. The fraction of sp³-hybridized carbons (Fsp3) is 0.280. The van der Waals surface area contributed by atoms with Gasteiger partial charge in [-0.05, 0) is 88.9 Å². The average Bonchev–Trinajstić information content (AvgIpc) is 2.78. The van der Waals surface area contributed by atoms with Crippen LogP contribution in [-0.2, 0) is 19.6 Å². The third-order valence-corrected chi connectivity index (χ3v) is 5.33. The van der Waals surface area contributed by atoms with Gasteiger partial charge in [0, 0.05) is 6.54 Å². The van der Waals surface area contributed by atoms with Crippen LogP contribution in [0.5, 0.6) is 17.2 Å². The van der Waals surface area contributed by atoms with Gasteiger partial charge >= 0.3 is 0 Å². The van der Waals surface area contributed by atoms with Crippen molar-refractivity contribution in [1.82, 2.24) is 5.32 Å². The van der Waals surface area contributed by atoms with Gasteiger partial charge in [0.1, 0.15) is 18.2 Å². The Balaban J connectivity index is 1.58. The zero-order valence-corrected chi connectivity index (χ0v) is 19.4. The van der Waals surface area contributed by atoms with Gasteiger partial charge in [0.2, 0.25) is 0 Å². The van der Waals surface area contributed by atoms with E-state index in [4.69, 9.17) is 14.2 Å². The number of hydrogen-bond donors (Lipinski definition) is 1. The molecule has 0 spiro atoms. The highest BCUT2D eigenvalue weighted by atomic mass is 79.9. The molecule has 3 aromatic carbocycles. The van der Waals surface area contributed by atoms with Crippen molar-refractivity contribution >= 4 is 15.9 Å². The lowest BCUT2D eigenvalue weighted by Crippen LogP contribution is -2.17. The minimum absolute atomic E-state index is 0.260. The lowest BCUT2D eigenvalue weighted by atomic mass is 10.1. The predicted octanol–water partition coefficient (Wildman–Crippen LogP) is 5.91. The molecule has 31 heavy (non-hydrogen) atoms. The number of hydrogen-bond acceptors (Lipinski definition) is 4. The molecular weight excluding hydrogens is 461 g/mol. The number of nitrogens with one attached hydrogen (secondary N) is 1. The summed E-state index contributed by atoms with van der Waals surface area (Å²) in [5.41, 5.74) is 3.24. The van der Waals surface area contributed by atoms with E-state index in [1.54, 1.807) is 19.2 Å². The third-order valence-electron chi connectivity index (χ3n) is 4.74. The Morgan fingerprint density at radius 1 is 0.903 bits per heavy atom. The summed E-state index contributed by atoms with van der Waals surface area (Å²) in [6.45, 7) is 4.38. The van der Waals surface area contributed by atoms with Crippen molar-refractivity contribution < 1.29 is 18.6 Å². The monoisotopic (exact) mass is 487 g/mol. The second kappa shape index (κ2) is 11.7. The number of ether oxygens (including phenoxy) is 3. The normalized spacial score (nSPS) is 10.7. The maximum atomic E-state index is 13.1. The van der Waals surface area contributed by atoms with E-state index in [0.717, 1.165) is 34.3 Å². The Bertz CT molecular complexity index is 962. The molecule has 3 rings (SSSR count). The molecule has 0 radical (unpaired) electrons. The van der Waals surface area contributed by atoms with Crippen molar-refractivity contribution in [3.05, 3.63) is 87.6 Å². The van der Waals surface area contributed by atoms with Crippen LogP contribution in [0.25, 0.3) is 0 Å². The Hall–Kier alpha value is -2.57. The quantitative estimate of drug-likeness (QED) is 0.341. The summed E-state index contributed by atoms with van der Waals surface area (Å²) in [5, 5.41) is 3.47. The van der Waals surface area contributed by atoms with Gasteiger partial charge in [-0.2, -0.15) is 0 Å². The first kappa shape index (κ1) is 23.1. The molecule has 0 bridgehead atoms. The molecule has 0 heterocycles. The Labute approximate surface area is 191 Å². The van der Waals surface area contributed by atoms with Gasteiger partial charge in [0.25, 0.3) is 0 Å². The summed E-state index contributed by atoms with van der Waals surface area (Å²) in [7, 11) is 1.67. The molecule has 1 N–H and O–H groups in total. The van der Waals surface area contributed by atoms with Gasteiger partial charge in [-0.25, -0.2) is 4.39 Å². The summed E-state index contributed by atoms with van der Waals surface area (Å²) in [6, 6.07) is 18.4. The van der Waals surface area contributed by atoms with E-state index >= 15 is 0 Å². The van der Waals surface area contributed by atoms with E-state index in [1.165, 1.54) is 17.7 Å². The molecule has 164 valence electrons. The van der Waals surface area contributed by atoms with Crippen LogP contribution < -0.4 is 19.5 Å². The van der Waals surface area contributed by atoms with Gasteiger partial charge in [-0.1, -0.05) is 24.3 Å². The van der Waals surface area contributed by atoms with Crippen LogP contribution in [0, 0.1) is 5.82 Å². The molecule has 0 aromatic heterocycles. The van der Waals surface area contributed by atoms with Gasteiger partial charge in [0.15, 0.2) is 11.5 Å². The van der Waals surface area contributed by atoms with E-state index < -0.39 is 0 Å². The molecule has 0 aliphatic rings. The Morgan fingerprint density at radius 3 is 2.29 bits per heavy atom. The van der Waals surface area contributed by atoms with Gasteiger partial charge < -0.3 is 19.5 Å². The minimum atomic E-state index is -0.260. The fourth-order valence-corrected chi connectivity index (χ4v) is 3.72. The minimum Gasteiger partial charge on any atom is -0.497 e. The van der Waals surface area contributed by atoms with Crippen LogP contribution >= 0.6 is 15.9 Å². The number of halogens is 2. The summed E-state index contributed by atoms with van der Waals surface area (Å²) in [5.74, 6) is 1.94. The first-order valence-corrected chi connectivity index (χ1v) is 11.0. The molecule has 0 amide bonds. The van der Waals surface area contributed by atoms with Crippen LogP contribution in [0.2, 0.25) is 0 Å². The molecule has 0 aliphatic heterocycles. The lowest BCUT2D eigenvalue weighted by molar-refractivity contribution is 0.267. The maximum absolute atomic E-state index is 13.1. The van der Waals surface area contributed by atoms with Gasteiger partial charge in [-0.3, -0.25) is 0 Å². The second-order valence-electron chi connectivity index (χ2n) is 7.03. The first-order chi connectivity index (χ1) is 15.1. The molecule has 0 atom stereocenters. The van der Waals surface area contributed by atoms with Crippen molar-refractivity contribution in [1.29, 1.82) is 0 Å². The zero-order chi connectivity index (χ0) is 22.1. The molecule has 0 saturated carbocycles. The first-order valence-electron chi connectivity index (χ1n) is 10.2. The van der Waals surface area contributed by atoms with E-state index in [9.17, 15) is 4.39 Å². The molecule has 4 nitrogen and oxygen atoms in total. The molecule has 0 aliphatic carbocycles. The molecule has 0 saturated heterocycles. The van der Waals surface area contributed by atoms with Crippen LogP contribution in [0.1, 0.15) is 23.6 Å². The number of rotatable bonds is 11. The third kappa shape index (κ3) is 6.97. The highest BCUT2D eigenvalue weighted by Gasteiger charge is 2.13. The van der Waals surface area contributed by atoms with E-state index in [0.29, 0.717) is 31.3 Å². The Kier molecular flexibility index (Phi) is 8.74. The molecular formula is C25H27BrFNO3. The SMILES string of the molecule is CCOc1cc(CNCCc2ccc(OC)cc2)cc(Br)c1OCc1ccc(F)cc1. The van der Waals surface area contributed by atoms with E-state index in [-0.39, 0.29) is 5.82 Å². The Morgan fingerprint density at radius 2 is 1.61 bits per heavy atom. The van der Waals surface area contributed by atoms with Crippen LogP contribution in [0.3, 0.4) is 0 Å². The average molecular weight is 488 g/mol. The summed E-state index contributed by atoms with van der Waals surface area (Å²) < 4.78 is 30.9.